The number of piperidine rings is 1. The maximum Gasteiger partial charge on any atom is 0.321 e. The molecule has 3 rings (SSSR count). The number of hydrogen-bond donors (Lipinski definition) is 2. The zero-order valence-corrected chi connectivity index (χ0v) is 14.7. The number of urea groups is 1. The highest BCUT2D eigenvalue weighted by molar-refractivity contribution is 6.33. The van der Waals surface area contributed by atoms with Crippen LogP contribution in [-0.2, 0) is 7.05 Å². The first-order valence-corrected chi connectivity index (χ1v) is 8.51. The molecule has 25 heavy (non-hydrogen) atoms. The van der Waals surface area contributed by atoms with Crippen LogP contribution in [0, 0.1) is 0 Å². The first-order chi connectivity index (χ1) is 12.0. The molecular weight excluding hydrogens is 342 g/mol. The average molecular weight is 362 g/mol. The van der Waals surface area contributed by atoms with Crippen LogP contribution in [0.4, 0.5) is 10.5 Å². The number of rotatable bonds is 3. The van der Waals surface area contributed by atoms with Crippen molar-refractivity contribution in [2.45, 2.75) is 18.9 Å². The average Bonchev–Trinajstić information content (AvgIpc) is 2.95. The van der Waals surface area contributed by atoms with E-state index >= 15 is 0 Å². The van der Waals surface area contributed by atoms with Crippen LogP contribution >= 0.6 is 11.6 Å². The number of amides is 3. The van der Waals surface area contributed by atoms with Crippen molar-refractivity contribution < 1.29 is 9.59 Å². The number of nitrogens with one attached hydrogen (secondary N) is 2. The molecule has 0 saturated carbocycles. The molecule has 3 amide bonds. The van der Waals surface area contributed by atoms with Crippen molar-refractivity contribution in [2.75, 3.05) is 18.4 Å². The summed E-state index contributed by atoms with van der Waals surface area (Å²) in [6.07, 6.45) is 2.98. The number of carbonyl (C=O) groups excluding carboxylic acids is 2. The predicted molar refractivity (Wildman–Crippen MR) is 95.7 cm³/mol. The number of aryl methyl sites for hydroxylation is 1. The molecule has 2 aromatic rings. The molecule has 7 nitrogen and oxygen atoms in total. The number of nitrogens with zero attached hydrogens (tertiary/aromatic N) is 3. The van der Waals surface area contributed by atoms with E-state index in [0.717, 1.165) is 5.69 Å². The molecule has 1 aromatic carbocycles. The van der Waals surface area contributed by atoms with Crippen molar-refractivity contribution in [3.05, 3.63) is 47.2 Å². The normalized spacial score (nSPS) is 15.0. The third-order valence-electron chi connectivity index (χ3n) is 4.14. The summed E-state index contributed by atoms with van der Waals surface area (Å²) in [4.78, 5) is 26.3. The van der Waals surface area contributed by atoms with Crippen LogP contribution in [0.3, 0.4) is 0 Å². The number of anilines is 1. The van der Waals surface area contributed by atoms with Gasteiger partial charge >= 0.3 is 6.03 Å². The van der Waals surface area contributed by atoms with Gasteiger partial charge in [0.2, 0.25) is 0 Å². The smallest absolute Gasteiger partial charge is 0.321 e. The van der Waals surface area contributed by atoms with Gasteiger partial charge in [-0.3, -0.25) is 9.48 Å². The van der Waals surface area contributed by atoms with Gasteiger partial charge in [0.15, 0.2) is 5.69 Å². The monoisotopic (exact) mass is 361 g/mol. The molecule has 1 saturated heterocycles. The number of aromatic nitrogens is 2. The Morgan fingerprint density at radius 1 is 1.20 bits per heavy atom. The topological polar surface area (TPSA) is 79.3 Å². The summed E-state index contributed by atoms with van der Waals surface area (Å²) in [5.74, 6) is -0.280. The molecule has 1 fully saturated rings. The van der Waals surface area contributed by atoms with E-state index in [-0.39, 0.29) is 23.7 Å². The molecule has 0 atom stereocenters. The van der Waals surface area contributed by atoms with Gasteiger partial charge in [0.25, 0.3) is 5.91 Å². The number of carbonyl (C=O) groups is 2. The molecule has 8 heteroatoms. The van der Waals surface area contributed by atoms with Crippen LogP contribution in [0.2, 0.25) is 5.02 Å². The second-order valence-electron chi connectivity index (χ2n) is 6.03. The van der Waals surface area contributed by atoms with Crippen LogP contribution in [0.15, 0.2) is 36.5 Å². The molecule has 0 bridgehead atoms. The van der Waals surface area contributed by atoms with Crippen molar-refractivity contribution in [3.63, 3.8) is 0 Å². The summed E-state index contributed by atoms with van der Waals surface area (Å²) in [5.41, 5.74) is 1.00. The van der Waals surface area contributed by atoms with Crippen LogP contribution in [-0.4, -0.2) is 45.8 Å². The minimum atomic E-state index is -0.280. The Labute approximate surface area is 150 Å². The van der Waals surface area contributed by atoms with E-state index < -0.39 is 0 Å². The number of likely N-dealkylation sites (tertiary alicyclic amines) is 1. The van der Waals surface area contributed by atoms with Crippen molar-refractivity contribution in [1.82, 2.24) is 20.0 Å². The molecule has 1 aromatic heterocycles. The highest BCUT2D eigenvalue weighted by Crippen LogP contribution is 2.16. The summed E-state index contributed by atoms with van der Waals surface area (Å²) in [5, 5.41) is 10.2. The van der Waals surface area contributed by atoms with E-state index in [9.17, 15) is 9.59 Å². The quantitative estimate of drug-likeness (QED) is 0.881. The number of halogens is 1. The van der Waals surface area contributed by atoms with Gasteiger partial charge in [-0.1, -0.05) is 29.8 Å². The Morgan fingerprint density at radius 2 is 1.88 bits per heavy atom. The van der Waals surface area contributed by atoms with Gasteiger partial charge < -0.3 is 15.5 Å². The van der Waals surface area contributed by atoms with Gasteiger partial charge in [0.1, 0.15) is 0 Å². The lowest BCUT2D eigenvalue weighted by molar-refractivity contribution is 0.0913. The van der Waals surface area contributed by atoms with E-state index in [1.165, 1.54) is 4.68 Å². The molecule has 0 unspecified atom stereocenters. The van der Waals surface area contributed by atoms with E-state index in [4.69, 9.17) is 11.6 Å². The number of para-hydroxylation sites is 1. The fourth-order valence-electron chi connectivity index (χ4n) is 2.82. The summed E-state index contributed by atoms with van der Waals surface area (Å²) in [7, 11) is 1.71. The van der Waals surface area contributed by atoms with Gasteiger partial charge in [0.05, 0.1) is 5.02 Å². The molecule has 0 spiro atoms. The minimum absolute atomic E-state index is 0.00588. The van der Waals surface area contributed by atoms with Crippen molar-refractivity contribution in [3.8, 4) is 0 Å². The maximum absolute atomic E-state index is 12.3. The number of hydrogen-bond acceptors (Lipinski definition) is 3. The lowest BCUT2D eigenvalue weighted by Gasteiger charge is -2.32. The molecule has 2 N–H and O–H groups in total. The summed E-state index contributed by atoms with van der Waals surface area (Å²) in [6, 6.07) is 9.23. The molecular formula is C17H20ClN5O2. The van der Waals surface area contributed by atoms with Gasteiger partial charge in [-0.05, 0) is 25.0 Å². The van der Waals surface area contributed by atoms with Crippen molar-refractivity contribution in [1.29, 1.82) is 0 Å². The fourth-order valence-corrected chi connectivity index (χ4v) is 3.08. The van der Waals surface area contributed by atoms with Crippen molar-refractivity contribution >= 4 is 29.2 Å². The third kappa shape index (κ3) is 4.30. The Morgan fingerprint density at radius 3 is 2.48 bits per heavy atom. The van der Waals surface area contributed by atoms with Crippen molar-refractivity contribution in [2.24, 2.45) is 7.05 Å². The van der Waals surface area contributed by atoms with Gasteiger partial charge in [-0.25, -0.2) is 4.79 Å². The van der Waals surface area contributed by atoms with E-state index in [1.807, 2.05) is 30.3 Å². The third-order valence-corrected chi connectivity index (χ3v) is 4.42. The zero-order valence-electron chi connectivity index (χ0n) is 13.9. The Balaban J connectivity index is 1.49. The zero-order chi connectivity index (χ0) is 17.8. The summed E-state index contributed by atoms with van der Waals surface area (Å²) >= 11 is 5.99. The first kappa shape index (κ1) is 17.3. The summed E-state index contributed by atoms with van der Waals surface area (Å²) in [6.45, 7) is 1.17. The van der Waals surface area contributed by atoms with Gasteiger partial charge in [-0.15, -0.1) is 0 Å². The molecule has 2 heterocycles. The van der Waals surface area contributed by atoms with Gasteiger partial charge in [-0.2, -0.15) is 5.10 Å². The molecule has 0 radical (unpaired) electrons. The second-order valence-corrected chi connectivity index (χ2v) is 6.44. The minimum Gasteiger partial charge on any atom is -0.348 e. The van der Waals surface area contributed by atoms with E-state index in [1.54, 1.807) is 18.1 Å². The lowest BCUT2D eigenvalue weighted by Crippen LogP contribution is -2.47. The van der Waals surface area contributed by atoms with Crippen LogP contribution in [0.5, 0.6) is 0 Å². The van der Waals surface area contributed by atoms with Crippen LogP contribution in [0.1, 0.15) is 23.3 Å². The van der Waals surface area contributed by atoms with Crippen LogP contribution < -0.4 is 10.6 Å². The largest absolute Gasteiger partial charge is 0.348 e. The maximum atomic E-state index is 12.3. The Bertz CT molecular complexity index is 754. The first-order valence-electron chi connectivity index (χ1n) is 8.14. The predicted octanol–water partition coefficient (Wildman–Crippen LogP) is 2.50. The lowest BCUT2D eigenvalue weighted by atomic mass is 10.1. The highest BCUT2D eigenvalue weighted by Gasteiger charge is 2.25. The Hall–Kier alpha value is -2.54. The highest BCUT2D eigenvalue weighted by atomic mass is 35.5. The van der Waals surface area contributed by atoms with Gasteiger partial charge in [0, 0.05) is 38.1 Å². The van der Waals surface area contributed by atoms with E-state index in [0.29, 0.717) is 31.0 Å². The molecule has 0 aliphatic carbocycles. The Kier molecular flexibility index (Phi) is 5.23. The number of benzene rings is 1. The molecule has 1 aliphatic heterocycles. The fraction of sp³-hybridized carbons (Fsp3) is 0.353. The molecule has 132 valence electrons. The SMILES string of the molecule is Cn1cc(Cl)c(C(=O)NC2CCN(C(=O)Nc3ccccc3)CC2)n1. The van der Waals surface area contributed by atoms with E-state index in [2.05, 4.69) is 15.7 Å². The standard InChI is InChI=1S/C17H20ClN5O2/c1-22-11-14(18)15(21-22)16(24)19-13-7-9-23(10-8-13)17(25)20-12-5-3-2-4-6-12/h2-6,11,13H,7-10H2,1H3,(H,19,24)(H,20,25). The van der Waals surface area contributed by atoms with Crippen LogP contribution in [0.25, 0.3) is 0 Å². The summed E-state index contributed by atoms with van der Waals surface area (Å²) < 4.78 is 1.51. The molecule has 1 aliphatic rings. The second kappa shape index (κ2) is 7.57.